The lowest BCUT2D eigenvalue weighted by atomic mass is 9.61. The Morgan fingerprint density at radius 1 is 0.636 bits per heavy atom. The van der Waals surface area contributed by atoms with E-state index in [9.17, 15) is 29.8 Å². The summed E-state index contributed by atoms with van der Waals surface area (Å²) in [5.74, 6) is 0.698. The summed E-state index contributed by atoms with van der Waals surface area (Å²) in [5.41, 5.74) is -2.32. The minimum atomic E-state index is -1.29. The fourth-order valence-corrected chi connectivity index (χ4v) is 10.7. The molecule has 4 aromatic rings. The SMILES string of the molecule is C=C(C)[C@@H]1CC[C@]2(C(=O)OC)C[C@@]1(Oc1ccc(Br)cc1[N+](=O)[O-])c1cc(OC)ccc1O2.C=C(C)[C@H]1CC[C@@]2(C(=O)OC)C[C@]1(Oc1ccc(Br)cc1[N+](=O)[O-])c1cc(OC)ccc1O2. The Labute approximate surface area is 397 Å². The van der Waals surface area contributed by atoms with E-state index in [0.717, 1.165) is 11.1 Å². The highest BCUT2D eigenvalue weighted by molar-refractivity contribution is 9.10. The molecule has 16 nitrogen and oxygen atoms in total. The number of benzene rings is 4. The molecule has 2 fully saturated rings. The molecule has 348 valence electrons. The van der Waals surface area contributed by atoms with Gasteiger partial charge in [-0.15, -0.1) is 0 Å². The molecule has 0 N–H and O–H groups in total. The van der Waals surface area contributed by atoms with Crippen molar-refractivity contribution in [2.75, 3.05) is 28.4 Å². The van der Waals surface area contributed by atoms with E-state index < -0.39 is 44.2 Å². The number of hydrogen-bond acceptors (Lipinski definition) is 14. The molecule has 2 heterocycles. The van der Waals surface area contributed by atoms with Crippen LogP contribution in [0.15, 0.2) is 106 Å². The van der Waals surface area contributed by atoms with Gasteiger partial charge in [0.1, 0.15) is 34.2 Å². The fourth-order valence-electron chi connectivity index (χ4n) is 10.0. The van der Waals surface area contributed by atoms with E-state index in [1.54, 1.807) is 74.9 Å². The van der Waals surface area contributed by atoms with E-state index in [-0.39, 0.29) is 47.6 Å². The Morgan fingerprint density at radius 2 is 1.02 bits per heavy atom. The first-order chi connectivity index (χ1) is 31.3. The molecule has 4 bridgehead atoms. The monoisotopic (exact) mass is 1030 g/mol. The summed E-state index contributed by atoms with van der Waals surface area (Å²) in [6.07, 6.45) is 2.05. The third kappa shape index (κ3) is 8.33. The largest absolute Gasteiger partial charge is 0.497 e. The summed E-state index contributed by atoms with van der Waals surface area (Å²) in [6.45, 7) is 12.1. The van der Waals surface area contributed by atoms with E-state index in [4.69, 9.17) is 37.9 Å². The minimum absolute atomic E-state index is 0.0887. The number of methoxy groups -OCH3 is 4. The first-order valence-corrected chi connectivity index (χ1v) is 22.4. The number of carbonyl (C=O) groups excluding carboxylic acids is 2. The average molecular weight is 1040 g/mol. The number of fused-ring (bicyclic) bond motifs is 8. The van der Waals surface area contributed by atoms with Crippen molar-refractivity contribution in [1.82, 2.24) is 0 Å². The first kappa shape index (κ1) is 47.8. The number of rotatable bonds is 12. The average Bonchev–Trinajstić information content (AvgIpc) is 3.29. The lowest BCUT2D eigenvalue weighted by Crippen LogP contribution is -2.61. The van der Waals surface area contributed by atoms with Gasteiger partial charge in [-0.1, -0.05) is 56.2 Å². The maximum absolute atomic E-state index is 13.0. The van der Waals surface area contributed by atoms with Crippen LogP contribution < -0.4 is 28.4 Å². The molecular weight excluding hydrogens is 988 g/mol. The molecule has 8 rings (SSSR count). The number of esters is 2. The predicted molar refractivity (Wildman–Crippen MR) is 247 cm³/mol. The summed E-state index contributed by atoms with van der Waals surface area (Å²) in [7, 11) is 5.73. The highest BCUT2D eigenvalue weighted by Gasteiger charge is 2.64. The van der Waals surface area contributed by atoms with Crippen molar-refractivity contribution in [2.24, 2.45) is 11.8 Å². The molecule has 18 heteroatoms. The highest BCUT2D eigenvalue weighted by Crippen LogP contribution is 2.61. The Kier molecular flexibility index (Phi) is 13.2. The summed E-state index contributed by atoms with van der Waals surface area (Å²) < 4.78 is 47.9. The van der Waals surface area contributed by atoms with Crippen molar-refractivity contribution in [1.29, 1.82) is 0 Å². The van der Waals surface area contributed by atoms with Gasteiger partial charge in [0.15, 0.2) is 11.5 Å². The summed E-state index contributed by atoms with van der Waals surface area (Å²) in [4.78, 5) is 48.6. The van der Waals surface area contributed by atoms with Crippen LogP contribution >= 0.6 is 31.9 Å². The van der Waals surface area contributed by atoms with Gasteiger partial charge < -0.3 is 37.9 Å². The zero-order chi connectivity index (χ0) is 47.9. The Hall–Kier alpha value is -6.14. The molecule has 4 aromatic carbocycles. The van der Waals surface area contributed by atoms with Gasteiger partial charge in [-0.2, -0.15) is 0 Å². The van der Waals surface area contributed by atoms with Crippen LogP contribution in [-0.4, -0.2) is 61.4 Å². The van der Waals surface area contributed by atoms with Gasteiger partial charge in [-0.3, -0.25) is 20.2 Å². The Morgan fingerprint density at radius 3 is 1.33 bits per heavy atom. The molecule has 2 aliphatic carbocycles. The van der Waals surface area contributed by atoms with Crippen LogP contribution in [0.4, 0.5) is 11.4 Å². The first-order valence-electron chi connectivity index (χ1n) is 20.8. The lowest BCUT2D eigenvalue weighted by molar-refractivity contribution is -0.386. The van der Waals surface area contributed by atoms with Gasteiger partial charge in [0, 0.05) is 56.9 Å². The molecular formula is C48H48Br2N2O14. The normalized spacial score (nSPS) is 25.3. The maximum Gasteiger partial charge on any atom is 0.350 e. The minimum Gasteiger partial charge on any atom is -0.497 e. The van der Waals surface area contributed by atoms with Crippen molar-refractivity contribution in [3.8, 4) is 34.5 Å². The maximum atomic E-state index is 13.0. The highest BCUT2D eigenvalue weighted by atomic mass is 79.9. The topological polar surface area (TPSA) is 194 Å². The fraction of sp³-hybridized carbons (Fsp3) is 0.375. The van der Waals surface area contributed by atoms with Crippen LogP contribution in [0.2, 0.25) is 0 Å². The van der Waals surface area contributed by atoms with Crippen molar-refractivity contribution in [3.05, 3.63) is 137 Å². The summed E-state index contributed by atoms with van der Waals surface area (Å²) in [6, 6.07) is 19.7. The van der Waals surface area contributed by atoms with E-state index >= 15 is 0 Å². The zero-order valence-electron chi connectivity index (χ0n) is 37.1. The van der Waals surface area contributed by atoms with Crippen LogP contribution in [0, 0.1) is 32.1 Å². The zero-order valence-corrected chi connectivity index (χ0v) is 40.3. The van der Waals surface area contributed by atoms with Gasteiger partial charge in [-0.05, 0) is 100 Å². The molecule has 6 atom stereocenters. The second-order valence-electron chi connectivity index (χ2n) is 16.9. The number of carbonyl (C=O) groups is 2. The van der Waals surface area contributed by atoms with E-state index in [0.29, 0.717) is 68.8 Å². The van der Waals surface area contributed by atoms with Crippen LogP contribution in [0.25, 0.3) is 0 Å². The van der Waals surface area contributed by atoms with Gasteiger partial charge >= 0.3 is 23.3 Å². The van der Waals surface area contributed by atoms with Crippen LogP contribution in [0.3, 0.4) is 0 Å². The Balaban J connectivity index is 0.000000196. The lowest BCUT2D eigenvalue weighted by Gasteiger charge is -2.54. The predicted octanol–water partition coefficient (Wildman–Crippen LogP) is 10.6. The van der Waals surface area contributed by atoms with Crippen molar-refractivity contribution in [3.63, 3.8) is 0 Å². The van der Waals surface area contributed by atoms with Gasteiger partial charge in [0.25, 0.3) is 0 Å². The van der Waals surface area contributed by atoms with E-state index in [2.05, 4.69) is 45.0 Å². The molecule has 2 aliphatic heterocycles. The number of halogens is 2. The second kappa shape index (κ2) is 18.3. The van der Waals surface area contributed by atoms with Crippen LogP contribution in [0.5, 0.6) is 34.5 Å². The molecule has 0 spiro atoms. The molecule has 0 saturated heterocycles. The van der Waals surface area contributed by atoms with Crippen molar-refractivity contribution >= 4 is 55.2 Å². The van der Waals surface area contributed by atoms with Crippen LogP contribution in [-0.2, 0) is 30.3 Å². The third-order valence-corrected chi connectivity index (χ3v) is 13.9. The van der Waals surface area contributed by atoms with Gasteiger partial charge in [0.05, 0.1) is 38.3 Å². The smallest absolute Gasteiger partial charge is 0.350 e. The quantitative estimate of drug-likeness (QED) is 0.0563. The molecule has 0 radical (unpaired) electrons. The summed E-state index contributed by atoms with van der Waals surface area (Å²) in [5, 5.41) is 23.7. The summed E-state index contributed by atoms with van der Waals surface area (Å²) >= 11 is 6.57. The number of hydrogen-bond donors (Lipinski definition) is 0. The number of nitrogens with zero attached hydrogens (tertiary/aromatic N) is 2. The van der Waals surface area contributed by atoms with E-state index in [1.807, 2.05) is 13.8 Å². The van der Waals surface area contributed by atoms with Gasteiger partial charge in [-0.25, -0.2) is 9.59 Å². The number of ether oxygens (including phenoxy) is 8. The third-order valence-electron chi connectivity index (χ3n) is 12.9. The number of nitro groups is 2. The second-order valence-corrected chi connectivity index (χ2v) is 18.7. The molecule has 66 heavy (non-hydrogen) atoms. The standard InChI is InChI=1S/2C24H24BrNO7/c2*1-14(2)17-9-10-23(22(27)31-4)13-24(17,18-12-16(30-3)6-8-20(18)32-23)33-21-7-5-15(25)11-19(21)26(28)29/h2*5-8,11-12,17H,1,9-10,13H2,2-4H3/t2*17-,23+,24-/m10/s1. The van der Waals surface area contributed by atoms with E-state index in [1.165, 1.54) is 26.4 Å². The molecule has 0 aromatic heterocycles. The van der Waals surface area contributed by atoms with Gasteiger partial charge in [0.2, 0.25) is 11.2 Å². The van der Waals surface area contributed by atoms with Crippen molar-refractivity contribution < 1.29 is 57.3 Å². The van der Waals surface area contributed by atoms with Crippen molar-refractivity contribution in [2.45, 2.75) is 74.8 Å². The molecule has 0 amide bonds. The number of nitro benzene ring substituents is 2. The Bertz CT molecular complexity index is 2480. The molecule has 2 saturated carbocycles. The van der Waals surface area contributed by atoms with Crippen LogP contribution in [0.1, 0.15) is 63.5 Å². The molecule has 4 aliphatic rings. The molecule has 0 unspecified atom stereocenters.